The van der Waals surface area contributed by atoms with Gasteiger partial charge in [0.15, 0.2) is 5.41 Å². The van der Waals surface area contributed by atoms with E-state index in [1.54, 1.807) is 30.3 Å². The number of carbonyl (C=O) groups excluding carboxylic acids is 1. The summed E-state index contributed by atoms with van der Waals surface area (Å²) in [5, 5.41) is 30.1. The molecule has 8 nitrogen and oxygen atoms in total. The third kappa shape index (κ3) is 4.85. The molecule has 2 aliphatic rings. The van der Waals surface area contributed by atoms with Gasteiger partial charge in [0.1, 0.15) is 18.4 Å². The number of alkyl halides is 3. The number of hydrogen-bond acceptors (Lipinski definition) is 7. The molecule has 0 radical (unpaired) electrons. The van der Waals surface area contributed by atoms with Crippen LogP contribution < -0.4 is 10.5 Å². The zero-order chi connectivity index (χ0) is 27.5. The van der Waals surface area contributed by atoms with Crippen LogP contribution in [0.4, 0.5) is 18.0 Å². The smallest absolute Gasteiger partial charge is 0.445 e. The number of amides is 1. The lowest BCUT2D eigenvalue weighted by atomic mass is 9.58. The molecule has 11 heteroatoms. The second-order valence-corrected chi connectivity index (χ2v) is 8.74. The molecule has 1 amide bonds. The molecule has 0 saturated carbocycles. The molecule has 0 unspecified atom stereocenters. The van der Waals surface area contributed by atoms with Crippen molar-refractivity contribution in [2.75, 3.05) is 13.1 Å². The van der Waals surface area contributed by atoms with Crippen LogP contribution in [0.2, 0.25) is 0 Å². The summed E-state index contributed by atoms with van der Waals surface area (Å²) in [6.45, 7) is 0.0989. The van der Waals surface area contributed by atoms with Gasteiger partial charge in [0.2, 0.25) is 0 Å². The number of fused-ring (bicyclic) bond motifs is 1. The topological polar surface area (TPSA) is 136 Å². The van der Waals surface area contributed by atoms with E-state index in [1.165, 1.54) is 17.0 Å². The summed E-state index contributed by atoms with van der Waals surface area (Å²) in [6, 6.07) is 19.6. The van der Waals surface area contributed by atoms with Crippen molar-refractivity contribution in [3.05, 3.63) is 88.6 Å². The number of rotatable bonds is 4. The van der Waals surface area contributed by atoms with Crippen molar-refractivity contribution >= 4 is 6.09 Å². The number of halogens is 3. The van der Waals surface area contributed by atoms with Gasteiger partial charge < -0.3 is 20.1 Å². The number of nitriles is 3. The Labute approximate surface area is 216 Å². The molecule has 2 atom stereocenters. The molecule has 0 spiro atoms. The van der Waals surface area contributed by atoms with E-state index in [-0.39, 0.29) is 31.0 Å². The van der Waals surface area contributed by atoms with E-state index in [4.69, 9.17) is 10.5 Å². The third-order valence-corrected chi connectivity index (χ3v) is 6.60. The largest absolute Gasteiger partial charge is 0.573 e. The number of ether oxygens (including phenoxy) is 2. The summed E-state index contributed by atoms with van der Waals surface area (Å²) in [5.41, 5.74) is 5.51. The molecule has 2 aromatic rings. The van der Waals surface area contributed by atoms with Crippen LogP contribution in [0.5, 0.6) is 5.75 Å². The molecular weight excluding hydrogens is 499 g/mol. The summed E-state index contributed by atoms with van der Waals surface area (Å²) in [6.07, 6.45) is -3.92. The lowest BCUT2D eigenvalue weighted by Crippen LogP contribution is -2.49. The van der Waals surface area contributed by atoms with E-state index in [0.717, 1.165) is 17.7 Å². The zero-order valence-corrected chi connectivity index (χ0v) is 19.8. The number of nitrogens with zero attached hydrogens (tertiary/aromatic N) is 4. The molecule has 1 aliphatic carbocycles. The number of allylic oxidation sites excluding steroid dienone is 2. The molecule has 0 aromatic heterocycles. The molecule has 192 valence electrons. The number of carbonyl (C=O) groups is 1. The normalized spacial score (nSPS) is 20.2. The van der Waals surface area contributed by atoms with E-state index in [0.29, 0.717) is 11.1 Å². The Bertz CT molecular complexity index is 1400. The van der Waals surface area contributed by atoms with Crippen LogP contribution in [0.1, 0.15) is 17.0 Å². The minimum Gasteiger partial charge on any atom is -0.445 e. The van der Waals surface area contributed by atoms with Gasteiger partial charge in [-0.15, -0.1) is 13.2 Å². The standard InChI is InChI=1S/C27H20F3N5O3/c28-27(29,30)38-19-8-6-18(7-9-19)23-22-13-35(25(36)37-14-17-4-2-1-3-5-17)11-10-20(22)21(12-31)24(34)26(23,15-32)16-33/h1-10,22-23H,11,13-14,34H2/t22-,23+/m0/s1. The molecule has 1 heterocycles. The molecule has 2 aromatic carbocycles. The van der Waals surface area contributed by atoms with Gasteiger partial charge in [-0.2, -0.15) is 15.8 Å². The average Bonchev–Trinajstić information content (AvgIpc) is 2.91. The molecule has 2 N–H and O–H groups in total. The van der Waals surface area contributed by atoms with Crippen molar-refractivity contribution in [1.82, 2.24) is 4.90 Å². The fourth-order valence-corrected chi connectivity index (χ4v) is 4.89. The number of hydrogen-bond donors (Lipinski definition) is 1. The predicted octanol–water partition coefficient (Wildman–Crippen LogP) is 4.65. The van der Waals surface area contributed by atoms with Gasteiger partial charge >= 0.3 is 12.5 Å². The van der Waals surface area contributed by atoms with E-state index in [2.05, 4.69) is 4.74 Å². The van der Waals surface area contributed by atoms with Crippen molar-refractivity contribution in [2.24, 2.45) is 17.1 Å². The van der Waals surface area contributed by atoms with E-state index in [9.17, 15) is 33.8 Å². The second-order valence-electron chi connectivity index (χ2n) is 8.74. The maximum Gasteiger partial charge on any atom is 0.573 e. The summed E-state index contributed by atoms with van der Waals surface area (Å²) in [4.78, 5) is 14.3. The second kappa shape index (κ2) is 10.2. The molecule has 38 heavy (non-hydrogen) atoms. The van der Waals surface area contributed by atoms with Crippen LogP contribution in [0.15, 0.2) is 77.5 Å². The van der Waals surface area contributed by atoms with Gasteiger partial charge in [0.05, 0.1) is 23.4 Å². The molecule has 0 bridgehead atoms. The van der Waals surface area contributed by atoms with Crippen LogP contribution in [-0.2, 0) is 11.3 Å². The molecule has 0 fully saturated rings. The Hall–Kier alpha value is -4.95. The highest BCUT2D eigenvalue weighted by molar-refractivity contribution is 5.69. The van der Waals surface area contributed by atoms with Crippen LogP contribution >= 0.6 is 0 Å². The summed E-state index contributed by atoms with van der Waals surface area (Å²) in [5.74, 6) is -2.24. The van der Waals surface area contributed by atoms with Crippen LogP contribution in [0.3, 0.4) is 0 Å². The maximum absolute atomic E-state index is 12.9. The molecule has 0 saturated heterocycles. The van der Waals surface area contributed by atoms with E-state index < -0.39 is 35.5 Å². The van der Waals surface area contributed by atoms with Gasteiger partial charge in [-0.25, -0.2) is 4.79 Å². The predicted molar refractivity (Wildman–Crippen MR) is 126 cm³/mol. The fourth-order valence-electron chi connectivity index (χ4n) is 4.89. The fraction of sp³-hybridized carbons (Fsp3) is 0.259. The van der Waals surface area contributed by atoms with Gasteiger partial charge in [-0.1, -0.05) is 48.5 Å². The van der Waals surface area contributed by atoms with Gasteiger partial charge in [0, 0.05) is 24.9 Å². The third-order valence-electron chi connectivity index (χ3n) is 6.60. The molecule has 1 aliphatic heterocycles. The minimum atomic E-state index is -4.90. The van der Waals surface area contributed by atoms with Crippen LogP contribution in [0, 0.1) is 45.3 Å². The molecule has 4 rings (SSSR count). The highest BCUT2D eigenvalue weighted by Gasteiger charge is 2.54. The number of benzene rings is 2. The molecular formula is C27H20F3N5O3. The first-order valence-electron chi connectivity index (χ1n) is 11.4. The Morgan fingerprint density at radius 2 is 1.74 bits per heavy atom. The SMILES string of the molecule is N#CC1=C(N)C(C#N)(C#N)[C@H](c2ccc(OC(F)(F)F)cc2)[C@H]2CN(C(=O)OCc3ccccc3)CC=C12. The minimum absolute atomic E-state index is 0.0193. The zero-order valence-electron chi connectivity index (χ0n) is 19.8. The van der Waals surface area contributed by atoms with Gasteiger partial charge in [-0.05, 0) is 28.8 Å². The van der Waals surface area contributed by atoms with Crippen LogP contribution in [-0.4, -0.2) is 30.4 Å². The average molecular weight is 519 g/mol. The van der Waals surface area contributed by atoms with Crippen molar-refractivity contribution in [3.63, 3.8) is 0 Å². The first-order valence-corrected chi connectivity index (χ1v) is 11.4. The Morgan fingerprint density at radius 1 is 1.08 bits per heavy atom. The van der Waals surface area contributed by atoms with Gasteiger partial charge in [-0.3, -0.25) is 0 Å². The first-order chi connectivity index (χ1) is 18.1. The lowest BCUT2D eigenvalue weighted by molar-refractivity contribution is -0.274. The van der Waals surface area contributed by atoms with E-state index in [1.807, 2.05) is 24.3 Å². The summed E-state index contributed by atoms with van der Waals surface area (Å²) in [7, 11) is 0. The lowest BCUT2D eigenvalue weighted by Gasteiger charge is -2.45. The van der Waals surface area contributed by atoms with Crippen molar-refractivity contribution in [2.45, 2.75) is 18.9 Å². The Kier molecular flexibility index (Phi) is 7.01. The highest BCUT2D eigenvalue weighted by Crippen LogP contribution is 2.54. The van der Waals surface area contributed by atoms with Crippen molar-refractivity contribution in [3.8, 4) is 24.0 Å². The quantitative estimate of drug-likeness (QED) is 0.621. The summed E-state index contributed by atoms with van der Waals surface area (Å²) < 4.78 is 47.3. The van der Waals surface area contributed by atoms with Crippen LogP contribution in [0.25, 0.3) is 0 Å². The first kappa shape index (κ1) is 26.1. The monoisotopic (exact) mass is 519 g/mol. The van der Waals surface area contributed by atoms with E-state index >= 15 is 0 Å². The van der Waals surface area contributed by atoms with Crippen molar-refractivity contribution in [1.29, 1.82) is 15.8 Å². The van der Waals surface area contributed by atoms with Gasteiger partial charge in [0.25, 0.3) is 0 Å². The Morgan fingerprint density at radius 3 is 2.32 bits per heavy atom. The summed E-state index contributed by atoms with van der Waals surface area (Å²) >= 11 is 0. The highest BCUT2D eigenvalue weighted by atomic mass is 19.4. The Balaban J connectivity index is 1.71. The van der Waals surface area contributed by atoms with Crippen molar-refractivity contribution < 1.29 is 27.4 Å². The maximum atomic E-state index is 12.9. The number of nitrogens with two attached hydrogens (primary N) is 1.